The number of benzene rings is 1. The number of anilines is 1. The minimum Gasteiger partial charge on any atom is -0.353 e. The maximum atomic E-state index is 13.5. The molecular formula is C29H24FN7O. The highest BCUT2D eigenvalue weighted by Gasteiger charge is 2.16. The van der Waals surface area contributed by atoms with E-state index in [9.17, 15) is 9.18 Å². The van der Waals surface area contributed by atoms with Gasteiger partial charge < -0.3 is 10.3 Å². The fraction of sp³-hybridized carbons (Fsp3) is 0.138. The van der Waals surface area contributed by atoms with Gasteiger partial charge in [-0.3, -0.25) is 24.8 Å². The van der Waals surface area contributed by atoms with Crippen molar-refractivity contribution in [3.05, 3.63) is 79.1 Å². The van der Waals surface area contributed by atoms with E-state index in [4.69, 9.17) is 0 Å². The molecule has 0 saturated heterocycles. The highest BCUT2D eigenvalue weighted by atomic mass is 19.1. The van der Waals surface area contributed by atoms with Gasteiger partial charge in [0.2, 0.25) is 5.91 Å². The second-order valence-corrected chi connectivity index (χ2v) is 9.11. The van der Waals surface area contributed by atoms with Crippen molar-refractivity contribution < 1.29 is 9.18 Å². The maximum absolute atomic E-state index is 13.5. The summed E-state index contributed by atoms with van der Waals surface area (Å²) >= 11 is 0. The molecule has 0 aliphatic rings. The third kappa shape index (κ3) is 4.50. The standard InChI is InChI=1S/C29H24FN7O/c1-2-3-4-27(38)34-20-11-18(14-31-15-20)24-12-22-26(16-33-24)36-37-29(22)25-13-21-23(35-25)9-10-32-28(21)17-5-7-19(30)8-6-17/h5-16,35H,2-4H2,1H3,(H,34,38)(H,36,37). The minimum atomic E-state index is -0.289. The summed E-state index contributed by atoms with van der Waals surface area (Å²) in [6, 6.07) is 14.0. The number of rotatable bonds is 7. The highest BCUT2D eigenvalue weighted by Crippen LogP contribution is 2.34. The third-order valence-corrected chi connectivity index (χ3v) is 6.44. The van der Waals surface area contributed by atoms with E-state index >= 15 is 0 Å². The average Bonchev–Trinajstić information content (AvgIpc) is 3.56. The Bertz CT molecular complexity index is 1770. The molecule has 6 aromatic rings. The van der Waals surface area contributed by atoms with Crippen molar-refractivity contribution in [1.82, 2.24) is 30.1 Å². The average molecular weight is 506 g/mol. The zero-order valence-corrected chi connectivity index (χ0v) is 20.6. The lowest BCUT2D eigenvalue weighted by atomic mass is 10.1. The summed E-state index contributed by atoms with van der Waals surface area (Å²) in [5.41, 5.74) is 6.96. The number of fused-ring (bicyclic) bond motifs is 2. The van der Waals surface area contributed by atoms with Crippen molar-refractivity contribution >= 4 is 33.4 Å². The Morgan fingerprint density at radius 1 is 0.921 bits per heavy atom. The Balaban J connectivity index is 1.37. The zero-order chi connectivity index (χ0) is 26.1. The number of H-pyrrole nitrogens is 2. The monoisotopic (exact) mass is 505 g/mol. The molecule has 0 aliphatic heterocycles. The first-order valence-corrected chi connectivity index (χ1v) is 12.4. The number of aromatic nitrogens is 6. The van der Waals surface area contributed by atoms with Crippen LogP contribution in [0.15, 0.2) is 73.3 Å². The van der Waals surface area contributed by atoms with E-state index in [1.807, 2.05) is 24.3 Å². The lowest BCUT2D eigenvalue weighted by Gasteiger charge is -2.07. The van der Waals surface area contributed by atoms with Gasteiger partial charge in [-0.2, -0.15) is 5.10 Å². The van der Waals surface area contributed by atoms with Crippen LogP contribution < -0.4 is 5.32 Å². The first-order valence-electron chi connectivity index (χ1n) is 12.4. The van der Waals surface area contributed by atoms with E-state index in [2.05, 4.69) is 42.4 Å². The summed E-state index contributed by atoms with van der Waals surface area (Å²) in [6.07, 6.45) is 9.10. The minimum absolute atomic E-state index is 0.0281. The van der Waals surface area contributed by atoms with E-state index in [-0.39, 0.29) is 11.7 Å². The summed E-state index contributed by atoms with van der Waals surface area (Å²) in [5.74, 6) is -0.317. The second kappa shape index (κ2) is 9.85. The quantitative estimate of drug-likeness (QED) is 0.229. The zero-order valence-electron chi connectivity index (χ0n) is 20.6. The summed E-state index contributed by atoms with van der Waals surface area (Å²) in [7, 11) is 0. The molecule has 8 nitrogen and oxygen atoms in total. The smallest absolute Gasteiger partial charge is 0.224 e. The molecule has 5 heterocycles. The molecule has 5 aromatic heterocycles. The van der Waals surface area contributed by atoms with Crippen molar-refractivity contribution in [3.8, 4) is 33.9 Å². The van der Waals surface area contributed by atoms with Crippen LogP contribution in [0.5, 0.6) is 0 Å². The van der Waals surface area contributed by atoms with Crippen LogP contribution in [-0.4, -0.2) is 36.0 Å². The molecule has 0 unspecified atom stereocenters. The first-order chi connectivity index (χ1) is 18.6. The molecule has 38 heavy (non-hydrogen) atoms. The van der Waals surface area contributed by atoms with Crippen LogP contribution in [0, 0.1) is 5.82 Å². The third-order valence-electron chi connectivity index (χ3n) is 6.44. The van der Waals surface area contributed by atoms with E-state index in [1.165, 1.54) is 12.1 Å². The Morgan fingerprint density at radius 3 is 2.61 bits per heavy atom. The first kappa shape index (κ1) is 23.5. The number of nitrogens with one attached hydrogen (secondary N) is 3. The Labute approximate surface area is 217 Å². The molecule has 0 saturated carbocycles. The number of halogens is 1. The predicted molar refractivity (Wildman–Crippen MR) is 146 cm³/mol. The van der Waals surface area contributed by atoms with Gasteiger partial charge in [-0.05, 0) is 55.0 Å². The molecule has 0 fully saturated rings. The van der Waals surface area contributed by atoms with Crippen LogP contribution in [0.2, 0.25) is 0 Å². The Morgan fingerprint density at radius 2 is 1.76 bits per heavy atom. The highest BCUT2D eigenvalue weighted by molar-refractivity contribution is 6.00. The second-order valence-electron chi connectivity index (χ2n) is 9.11. The van der Waals surface area contributed by atoms with Crippen LogP contribution in [0.3, 0.4) is 0 Å². The molecule has 0 radical (unpaired) electrons. The van der Waals surface area contributed by atoms with Crippen LogP contribution in [0.25, 0.3) is 55.7 Å². The van der Waals surface area contributed by atoms with Crippen LogP contribution >= 0.6 is 0 Å². The van der Waals surface area contributed by atoms with E-state index in [0.717, 1.165) is 62.9 Å². The molecule has 0 bridgehead atoms. The predicted octanol–water partition coefficient (Wildman–Crippen LogP) is 6.50. The van der Waals surface area contributed by atoms with Crippen LogP contribution in [-0.2, 0) is 4.79 Å². The number of hydrogen-bond acceptors (Lipinski definition) is 5. The fourth-order valence-electron chi connectivity index (χ4n) is 4.51. The molecule has 1 amide bonds. The number of carbonyl (C=O) groups is 1. The number of nitrogens with zero attached hydrogens (tertiary/aromatic N) is 4. The molecule has 188 valence electrons. The summed E-state index contributed by atoms with van der Waals surface area (Å²) < 4.78 is 13.5. The molecule has 6 rings (SSSR count). The Kier molecular flexibility index (Phi) is 6.09. The number of unbranched alkanes of at least 4 members (excludes halogenated alkanes) is 1. The molecular weight excluding hydrogens is 481 g/mol. The van der Waals surface area contributed by atoms with Crippen molar-refractivity contribution in [2.24, 2.45) is 0 Å². The van der Waals surface area contributed by atoms with Gasteiger partial charge in [0, 0.05) is 46.2 Å². The van der Waals surface area contributed by atoms with Gasteiger partial charge in [-0.25, -0.2) is 4.39 Å². The van der Waals surface area contributed by atoms with Crippen LogP contribution in [0.4, 0.5) is 10.1 Å². The summed E-state index contributed by atoms with van der Waals surface area (Å²) in [4.78, 5) is 29.0. The number of pyridine rings is 3. The molecule has 0 spiro atoms. The molecule has 0 atom stereocenters. The number of aromatic amines is 2. The lowest BCUT2D eigenvalue weighted by Crippen LogP contribution is -2.11. The van der Waals surface area contributed by atoms with Crippen molar-refractivity contribution in [1.29, 1.82) is 0 Å². The molecule has 0 aliphatic carbocycles. The van der Waals surface area contributed by atoms with Gasteiger partial charge in [0.25, 0.3) is 0 Å². The largest absolute Gasteiger partial charge is 0.353 e. The topological polar surface area (TPSA) is 112 Å². The summed E-state index contributed by atoms with van der Waals surface area (Å²) in [6.45, 7) is 2.05. The molecule has 3 N–H and O–H groups in total. The fourth-order valence-corrected chi connectivity index (χ4v) is 4.51. The van der Waals surface area contributed by atoms with Crippen molar-refractivity contribution in [3.63, 3.8) is 0 Å². The van der Waals surface area contributed by atoms with Gasteiger partial charge in [0.05, 0.1) is 40.7 Å². The van der Waals surface area contributed by atoms with Gasteiger partial charge >= 0.3 is 0 Å². The molecule has 1 aromatic carbocycles. The van der Waals surface area contributed by atoms with Gasteiger partial charge in [0.15, 0.2) is 0 Å². The number of amides is 1. The van der Waals surface area contributed by atoms with E-state index < -0.39 is 0 Å². The van der Waals surface area contributed by atoms with Gasteiger partial charge in [0.1, 0.15) is 11.5 Å². The van der Waals surface area contributed by atoms with Crippen LogP contribution in [0.1, 0.15) is 26.2 Å². The van der Waals surface area contributed by atoms with E-state index in [0.29, 0.717) is 17.8 Å². The maximum Gasteiger partial charge on any atom is 0.224 e. The Hall–Kier alpha value is -4.92. The van der Waals surface area contributed by atoms with Crippen molar-refractivity contribution in [2.75, 3.05) is 5.32 Å². The van der Waals surface area contributed by atoms with Gasteiger partial charge in [-0.1, -0.05) is 13.3 Å². The normalized spacial score (nSPS) is 11.3. The van der Waals surface area contributed by atoms with E-state index in [1.54, 1.807) is 36.9 Å². The molecule has 9 heteroatoms. The number of hydrogen-bond donors (Lipinski definition) is 3. The van der Waals surface area contributed by atoms with Gasteiger partial charge in [-0.15, -0.1) is 0 Å². The summed E-state index contributed by atoms with van der Waals surface area (Å²) in [5, 5.41) is 12.3. The number of carbonyl (C=O) groups excluding carboxylic acids is 1. The lowest BCUT2D eigenvalue weighted by molar-refractivity contribution is -0.116. The van der Waals surface area contributed by atoms with Crippen molar-refractivity contribution in [2.45, 2.75) is 26.2 Å². The SMILES string of the molecule is CCCCC(=O)Nc1cncc(-c2cc3c(-c4cc5c(-c6ccc(F)cc6)nccc5[nH]4)n[nH]c3cn2)c1.